The number of piperazine rings is 1. The van der Waals surface area contributed by atoms with Crippen LogP contribution in [0, 0.1) is 0 Å². The summed E-state index contributed by atoms with van der Waals surface area (Å²) in [4.78, 5) is 17.2. The zero-order chi connectivity index (χ0) is 19.8. The number of rotatable bonds is 4. The zero-order valence-electron chi connectivity index (χ0n) is 16.5. The van der Waals surface area contributed by atoms with E-state index in [2.05, 4.69) is 32.3 Å². The molecular weight excluding hydrogens is 364 g/mol. The van der Waals surface area contributed by atoms with Crippen LogP contribution in [0.3, 0.4) is 0 Å². The van der Waals surface area contributed by atoms with Crippen LogP contribution >= 0.6 is 0 Å². The van der Waals surface area contributed by atoms with E-state index < -0.39 is 0 Å². The SMILES string of the molecule is Cn1nc(-c2ccccc2)cc1C(=O)N1CCN(c2ccc(C3CC3)nn2)CC1. The van der Waals surface area contributed by atoms with Crippen molar-refractivity contribution in [3.63, 3.8) is 0 Å². The number of benzene rings is 1. The summed E-state index contributed by atoms with van der Waals surface area (Å²) in [5.74, 6) is 1.54. The molecule has 3 aromatic rings. The van der Waals surface area contributed by atoms with E-state index in [0.717, 1.165) is 35.9 Å². The standard InChI is InChI=1S/C22H24N6O/c1-26-20(15-19(25-26)16-5-3-2-4-6-16)22(29)28-13-11-27(12-14-28)21-10-9-18(23-24-21)17-7-8-17/h2-6,9-10,15,17H,7-8,11-14H2,1H3. The highest BCUT2D eigenvalue weighted by Crippen LogP contribution is 2.38. The third-order valence-corrected chi connectivity index (χ3v) is 5.73. The Hall–Kier alpha value is -3.22. The Kier molecular flexibility index (Phi) is 4.50. The van der Waals surface area contributed by atoms with Gasteiger partial charge in [-0.05, 0) is 31.0 Å². The molecule has 1 aliphatic heterocycles. The van der Waals surface area contributed by atoms with E-state index in [4.69, 9.17) is 0 Å². The van der Waals surface area contributed by atoms with Gasteiger partial charge in [0, 0.05) is 44.7 Å². The Morgan fingerprint density at radius 1 is 0.966 bits per heavy atom. The normalized spacial score (nSPS) is 16.9. The lowest BCUT2D eigenvalue weighted by atomic mass is 10.1. The lowest BCUT2D eigenvalue weighted by molar-refractivity contribution is 0.0735. The quantitative estimate of drug-likeness (QED) is 0.688. The molecule has 5 rings (SSSR count). The summed E-state index contributed by atoms with van der Waals surface area (Å²) in [5, 5.41) is 13.3. The first-order valence-electron chi connectivity index (χ1n) is 10.2. The first-order valence-corrected chi connectivity index (χ1v) is 10.2. The van der Waals surface area contributed by atoms with E-state index >= 15 is 0 Å². The van der Waals surface area contributed by atoms with Gasteiger partial charge in [0.05, 0.1) is 11.4 Å². The van der Waals surface area contributed by atoms with E-state index in [1.54, 1.807) is 4.68 Å². The van der Waals surface area contributed by atoms with Crippen LogP contribution in [0.15, 0.2) is 48.5 Å². The molecule has 148 valence electrons. The summed E-state index contributed by atoms with van der Waals surface area (Å²) in [7, 11) is 1.83. The van der Waals surface area contributed by atoms with E-state index in [-0.39, 0.29) is 5.91 Å². The fourth-order valence-corrected chi connectivity index (χ4v) is 3.82. The van der Waals surface area contributed by atoms with Crippen molar-refractivity contribution < 1.29 is 4.79 Å². The summed E-state index contributed by atoms with van der Waals surface area (Å²) >= 11 is 0. The van der Waals surface area contributed by atoms with Crippen molar-refractivity contribution in [3.05, 3.63) is 59.9 Å². The summed E-state index contributed by atoms with van der Waals surface area (Å²) < 4.78 is 1.68. The number of carbonyl (C=O) groups excluding carboxylic acids is 1. The molecule has 0 N–H and O–H groups in total. The van der Waals surface area contributed by atoms with Gasteiger partial charge in [-0.2, -0.15) is 10.2 Å². The number of aromatic nitrogens is 4. The molecule has 0 radical (unpaired) electrons. The van der Waals surface area contributed by atoms with Crippen molar-refractivity contribution in [2.75, 3.05) is 31.1 Å². The number of aryl methyl sites for hydroxylation is 1. The van der Waals surface area contributed by atoms with Crippen LogP contribution < -0.4 is 4.90 Å². The van der Waals surface area contributed by atoms with Crippen LogP contribution in [0.2, 0.25) is 0 Å². The van der Waals surface area contributed by atoms with Crippen molar-refractivity contribution in [1.82, 2.24) is 24.9 Å². The third kappa shape index (κ3) is 3.60. The molecule has 1 saturated heterocycles. The summed E-state index contributed by atoms with van der Waals surface area (Å²) in [6.45, 7) is 2.84. The number of carbonyl (C=O) groups is 1. The van der Waals surface area contributed by atoms with Crippen molar-refractivity contribution in [2.24, 2.45) is 7.05 Å². The zero-order valence-corrected chi connectivity index (χ0v) is 16.5. The summed E-state index contributed by atoms with van der Waals surface area (Å²) in [6, 6.07) is 16.0. The Labute approximate surface area is 170 Å². The van der Waals surface area contributed by atoms with E-state index in [1.165, 1.54) is 12.8 Å². The maximum absolute atomic E-state index is 13.1. The van der Waals surface area contributed by atoms with Crippen molar-refractivity contribution in [2.45, 2.75) is 18.8 Å². The highest BCUT2D eigenvalue weighted by molar-refractivity contribution is 5.94. The molecule has 0 unspecified atom stereocenters. The lowest BCUT2D eigenvalue weighted by Gasteiger charge is -2.35. The minimum absolute atomic E-state index is 0.0250. The molecule has 1 aromatic carbocycles. The van der Waals surface area contributed by atoms with Crippen LogP contribution in [0.5, 0.6) is 0 Å². The number of hydrogen-bond acceptors (Lipinski definition) is 5. The molecule has 1 aliphatic carbocycles. The van der Waals surface area contributed by atoms with Gasteiger partial charge < -0.3 is 9.80 Å². The largest absolute Gasteiger partial charge is 0.352 e. The van der Waals surface area contributed by atoms with Crippen LogP contribution in [-0.2, 0) is 7.05 Å². The van der Waals surface area contributed by atoms with Gasteiger partial charge in [0.25, 0.3) is 5.91 Å². The fourth-order valence-electron chi connectivity index (χ4n) is 3.82. The van der Waals surface area contributed by atoms with Crippen molar-refractivity contribution in [1.29, 1.82) is 0 Å². The topological polar surface area (TPSA) is 67.2 Å². The second-order valence-electron chi connectivity index (χ2n) is 7.77. The minimum Gasteiger partial charge on any atom is -0.352 e. The Morgan fingerprint density at radius 2 is 1.72 bits per heavy atom. The average Bonchev–Trinajstić information content (AvgIpc) is 3.56. The van der Waals surface area contributed by atoms with Gasteiger partial charge in [0.2, 0.25) is 0 Å². The molecule has 1 saturated carbocycles. The molecule has 7 heteroatoms. The van der Waals surface area contributed by atoms with Gasteiger partial charge in [-0.25, -0.2) is 0 Å². The molecule has 0 atom stereocenters. The molecule has 3 heterocycles. The maximum Gasteiger partial charge on any atom is 0.272 e. The van der Waals surface area contributed by atoms with Crippen LogP contribution in [-0.4, -0.2) is 57.0 Å². The average molecular weight is 388 g/mol. The van der Waals surface area contributed by atoms with Gasteiger partial charge in [-0.3, -0.25) is 9.48 Å². The molecule has 0 spiro atoms. The lowest BCUT2D eigenvalue weighted by Crippen LogP contribution is -2.49. The van der Waals surface area contributed by atoms with Crippen molar-refractivity contribution >= 4 is 11.7 Å². The van der Waals surface area contributed by atoms with Gasteiger partial charge in [-0.15, -0.1) is 5.10 Å². The van der Waals surface area contributed by atoms with E-state index in [9.17, 15) is 4.79 Å². The third-order valence-electron chi connectivity index (χ3n) is 5.73. The van der Waals surface area contributed by atoms with Gasteiger partial charge >= 0.3 is 0 Å². The van der Waals surface area contributed by atoms with Gasteiger partial charge in [0.1, 0.15) is 5.69 Å². The highest BCUT2D eigenvalue weighted by Gasteiger charge is 2.27. The molecular formula is C22H24N6O. The smallest absolute Gasteiger partial charge is 0.272 e. The van der Waals surface area contributed by atoms with E-state index in [1.807, 2.05) is 48.3 Å². The summed E-state index contributed by atoms with van der Waals surface area (Å²) in [6.07, 6.45) is 2.46. The second-order valence-corrected chi connectivity index (χ2v) is 7.77. The Balaban J connectivity index is 1.25. The molecule has 7 nitrogen and oxygen atoms in total. The summed E-state index contributed by atoms with van der Waals surface area (Å²) in [5.41, 5.74) is 3.56. The number of nitrogens with zero attached hydrogens (tertiary/aromatic N) is 6. The second kappa shape index (κ2) is 7.31. The molecule has 0 bridgehead atoms. The number of anilines is 1. The molecule has 2 fully saturated rings. The molecule has 29 heavy (non-hydrogen) atoms. The highest BCUT2D eigenvalue weighted by atomic mass is 16.2. The van der Waals surface area contributed by atoms with Crippen LogP contribution in [0.4, 0.5) is 5.82 Å². The van der Waals surface area contributed by atoms with E-state index in [0.29, 0.717) is 24.7 Å². The molecule has 1 amide bonds. The maximum atomic E-state index is 13.1. The molecule has 2 aromatic heterocycles. The first kappa shape index (κ1) is 17.8. The van der Waals surface area contributed by atoms with Gasteiger partial charge in [0.15, 0.2) is 5.82 Å². The Bertz CT molecular complexity index is 1000. The predicted molar refractivity (Wildman–Crippen MR) is 111 cm³/mol. The number of amides is 1. The first-order chi connectivity index (χ1) is 14.2. The van der Waals surface area contributed by atoms with Crippen LogP contribution in [0.25, 0.3) is 11.3 Å². The van der Waals surface area contributed by atoms with Crippen molar-refractivity contribution in [3.8, 4) is 11.3 Å². The fraction of sp³-hybridized carbons (Fsp3) is 0.364. The monoisotopic (exact) mass is 388 g/mol. The molecule has 2 aliphatic rings. The van der Waals surface area contributed by atoms with Gasteiger partial charge in [-0.1, -0.05) is 30.3 Å². The predicted octanol–water partition coefficient (Wildman–Crippen LogP) is 2.72. The minimum atomic E-state index is 0.0250. The Morgan fingerprint density at radius 3 is 2.38 bits per heavy atom. The number of hydrogen-bond donors (Lipinski definition) is 0. The van der Waals surface area contributed by atoms with Crippen LogP contribution in [0.1, 0.15) is 34.9 Å².